The van der Waals surface area contributed by atoms with Gasteiger partial charge in [-0.15, -0.1) is 0 Å². The number of nitrogens with two attached hydrogens (primary N) is 1. The van der Waals surface area contributed by atoms with Crippen LogP contribution < -0.4 is 11.1 Å². The van der Waals surface area contributed by atoms with Crippen LogP contribution in [-0.2, 0) is 4.79 Å². The molecule has 1 amide bonds. The fourth-order valence-corrected chi connectivity index (χ4v) is 1.70. The molecule has 0 atom stereocenters. The van der Waals surface area contributed by atoms with E-state index in [4.69, 9.17) is 10.8 Å². The summed E-state index contributed by atoms with van der Waals surface area (Å²) in [6, 6.07) is 3.94. The molecule has 0 spiro atoms. The molecule has 0 unspecified atom stereocenters. The van der Waals surface area contributed by atoms with Gasteiger partial charge in [0.25, 0.3) is 5.91 Å². The van der Waals surface area contributed by atoms with Gasteiger partial charge in [-0.25, -0.2) is 4.39 Å². The Morgan fingerprint density at radius 2 is 2.11 bits per heavy atom. The maximum Gasteiger partial charge on any atom is 0.311 e. The maximum atomic E-state index is 13.2. The van der Waals surface area contributed by atoms with Crippen LogP contribution >= 0.6 is 0 Å². The number of amides is 1. The molecule has 1 aliphatic carbocycles. The summed E-state index contributed by atoms with van der Waals surface area (Å²) < 4.78 is 13.2. The molecule has 6 heteroatoms. The lowest BCUT2D eigenvalue weighted by atomic mass is 10.1. The van der Waals surface area contributed by atoms with Crippen molar-refractivity contribution in [2.24, 2.45) is 5.41 Å². The van der Waals surface area contributed by atoms with Crippen molar-refractivity contribution in [2.75, 3.05) is 12.3 Å². The molecule has 0 aliphatic heterocycles. The minimum atomic E-state index is -0.921. The van der Waals surface area contributed by atoms with Crippen LogP contribution in [0.25, 0.3) is 0 Å². The molecule has 96 valence electrons. The number of anilines is 1. The second-order valence-electron chi connectivity index (χ2n) is 4.47. The standard InChI is InChI=1S/C12H13FN2O3/c13-8-3-1-2-7(9(8)14)10(16)15-6-12(4-5-12)11(17)18/h1-3H,4-6,14H2,(H,15,16)(H,17,18). The third-order valence-corrected chi connectivity index (χ3v) is 3.19. The molecule has 0 bridgehead atoms. The number of benzene rings is 1. The molecule has 1 aromatic rings. The number of halogens is 1. The number of hydrogen-bond donors (Lipinski definition) is 3. The van der Waals surface area contributed by atoms with Crippen molar-refractivity contribution in [3.63, 3.8) is 0 Å². The Hall–Kier alpha value is -2.11. The van der Waals surface area contributed by atoms with Crippen LogP contribution in [-0.4, -0.2) is 23.5 Å². The predicted octanol–water partition coefficient (Wildman–Crippen LogP) is 1.00. The molecule has 1 saturated carbocycles. The molecule has 2 rings (SSSR count). The van der Waals surface area contributed by atoms with Crippen molar-refractivity contribution >= 4 is 17.6 Å². The number of para-hydroxylation sites is 1. The summed E-state index contributed by atoms with van der Waals surface area (Å²) in [5.41, 5.74) is 4.39. The van der Waals surface area contributed by atoms with Gasteiger partial charge in [-0.3, -0.25) is 9.59 Å². The number of carboxylic acids is 1. The van der Waals surface area contributed by atoms with Gasteiger partial charge in [-0.05, 0) is 25.0 Å². The minimum absolute atomic E-state index is 0.0242. The van der Waals surface area contributed by atoms with Crippen LogP contribution in [0.2, 0.25) is 0 Å². The summed E-state index contributed by atoms with van der Waals surface area (Å²) >= 11 is 0. The molecule has 1 aromatic carbocycles. The van der Waals surface area contributed by atoms with E-state index < -0.39 is 23.1 Å². The summed E-state index contributed by atoms with van der Waals surface area (Å²) in [6.45, 7) is 0.0388. The average Bonchev–Trinajstić information content (AvgIpc) is 3.11. The Kier molecular flexibility index (Phi) is 2.94. The Balaban J connectivity index is 2.05. The van der Waals surface area contributed by atoms with Crippen LogP contribution in [0.4, 0.5) is 10.1 Å². The summed E-state index contributed by atoms with van der Waals surface area (Å²) in [4.78, 5) is 22.7. The fourth-order valence-electron chi connectivity index (χ4n) is 1.70. The highest BCUT2D eigenvalue weighted by Crippen LogP contribution is 2.45. The van der Waals surface area contributed by atoms with Gasteiger partial charge in [0, 0.05) is 6.54 Å². The van der Waals surface area contributed by atoms with E-state index >= 15 is 0 Å². The van der Waals surface area contributed by atoms with Crippen molar-refractivity contribution in [1.82, 2.24) is 5.32 Å². The highest BCUT2D eigenvalue weighted by molar-refractivity contribution is 5.99. The van der Waals surface area contributed by atoms with Gasteiger partial charge in [0.05, 0.1) is 16.7 Å². The van der Waals surface area contributed by atoms with Crippen LogP contribution in [0.1, 0.15) is 23.2 Å². The van der Waals surface area contributed by atoms with Gasteiger partial charge >= 0.3 is 5.97 Å². The summed E-state index contributed by atoms with van der Waals surface area (Å²) in [6.07, 6.45) is 1.09. The quantitative estimate of drug-likeness (QED) is 0.697. The monoisotopic (exact) mass is 252 g/mol. The van der Waals surface area contributed by atoms with E-state index in [1.807, 2.05) is 0 Å². The highest BCUT2D eigenvalue weighted by Gasteiger charge is 2.50. The second-order valence-corrected chi connectivity index (χ2v) is 4.47. The lowest BCUT2D eigenvalue weighted by molar-refractivity contribution is -0.143. The average molecular weight is 252 g/mol. The van der Waals surface area contributed by atoms with Crippen molar-refractivity contribution in [3.8, 4) is 0 Å². The highest BCUT2D eigenvalue weighted by atomic mass is 19.1. The van der Waals surface area contributed by atoms with E-state index in [1.165, 1.54) is 12.1 Å². The number of hydrogen-bond acceptors (Lipinski definition) is 3. The maximum absolute atomic E-state index is 13.2. The zero-order valence-electron chi connectivity index (χ0n) is 9.57. The number of carbonyl (C=O) groups excluding carboxylic acids is 1. The Morgan fingerprint density at radius 3 is 2.67 bits per heavy atom. The van der Waals surface area contributed by atoms with Crippen molar-refractivity contribution in [3.05, 3.63) is 29.6 Å². The molecule has 0 radical (unpaired) electrons. The number of carbonyl (C=O) groups is 2. The van der Waals surface area contributed by atoms with E-state index in [1.54, 1.807) is 0 Å². The number of rotatable bonds is 4. The summed E-state index contributed by atoms with van der Waals surface area (Å²) in [5, 5.41) is 11.4. The predicted molar refractivity (Wildman–Crippen MR) is 62.4 cm³/mol. The normalized spacial score (nSPS) is 16.1. The molecule has 0 heterocycles. The van der Waals surface area contributed by atoms with Crippen molar-refractivity contribution in [1.29, 1.82) is 0 Å². The van der Waals surface area contributed by atoms with E-state index in [2.05, 4.69) is 5.32 Å². The number of carboxylic acid groups (broad SMARTS) is 1. The third-order valence-electron chi connectivity index (χ3n) is 3.19. The molecular formula is C12H13FN2O3. The number of nitrogen functional groups attached to an aromatic ring is 1. The van der Waals surface area contributed by atoms with Crippen molar-refractivity contribution in [2.45, 2.75) is 12.8 Å². The van der Waals surface area contributed by atoms with Gasteiger partial charge in [-0.1, -0.05) is 6.07 Å². The van der Waals surface area contributed by atoms with E-state index in [0.717, 1.165) is 6.07 Å². The Labute approximate surface area is 103 Å². The first kappa shape index (κ1) is 12.3. The SMILES string of the molecule is Nc1c(F)cccc1C(=O)NCC1(C(=O)O)CC1. The van der Waals surface area contributed by atoms with Gasteiger partial charge < -0.3 is 16.2 Å². The largest absolute Gasteiger partial charge is 0.481 e. The van der Waals surface area contributed by atoms with Gasteiger partial charge in [-0.2, -0.15) is 0 Å². The molecule has 0 saturated heterocycles. The molecule has 5 nitrogen and oxygen atoms in total. The Bertz CT molecular complexity index is 512. The van der Waals surface area contributed by atoms with Gasteiger partial charge in [0.2, 0.25) is 0 Å². The fraction of sp³-hybridized carbons (Fsp3) is 0.333. The molecule has 1 aliphatic rings. The molecule has 1 fully saturated rings. The van der Waals surface area contributed by atoms with Gasteiger partial charge in [0.15, 0.2) is 0 Å². The van der Waals surface area contributed by atoms with E-state index in [9.17, 15) is 14.0 Å². The lowest BCUT2D eigenvalue weighted by Crippen LogP contribution is -2.34. The zero-order valence-corrected chi connectivity index (χ0v) is 9.57. The second kappa shape index (κ2) is 4.29. The molecular weight excluding hydrogens is 239 g/mol. The van der Waals surface area contributed by atoms with Crippen LogP contribution in [0.3, 0.4) is 0 Å². The van der Waals surface area contributed by atoms with Gasteiger partial charge in [0.1, 0.15) is 5.82 Å². The zero-order chi connectivity index (χ0) is 13.3. The van der Waals surface area contributed by atoms with Crippen molar-refractivity contribution < 1.29 is 19.1 Å². The first-order valence-corrected chi connectivity index (χ1v) is 5.52. The number of aliphatic carboxylic acids is 1. The Morgan fingerprint density at radius 1 is 1.44 bits per heavy atom. The topological polar surface area (TPSA) is 92.4 Å². The molecule has 4 N–H and O–H groups in total. The lowest BCUT2D eigenvalue weighted by Gasteiger charge is -2.12. The van der Waals surface area contributed by atoms with E-state index in [0.29, 0.717) is 12.8 Å². The number of nitrogens with one attached hydrogen (secondary N) is 1. The first-order chi connectivity index (χ1) is 8.46. The van der Waals surface area contributed by atoms with Crippen LogP contribution in [0.15, 0.2) is 18.2 Å². The van der Waals surface area contributed by atoms with E-state index in [-0.39, 0.29) is 17.8 Å². The van der Waals surface area contributed by atoms with Crippen LogP contribution in [0, 0.1) is 11.2 Å². The van der Waals surface area contributed by atoms with Crippen LogP contribution in [0.5, 0.6) is 0 Å². The molecule has 0 aromatic heterocycles. The summed E-state index contributed by atoms with van der Waals surface area (Å²) in [7, 11) is 0. The smallest absolute Gasteiger partial charge is 0.311 e. The first-order valence-electron chi connectivity index (χ1n) is 5.52. The summed E-state index contributed by atoms with van der Waals surface area (Å²) in [5.74, 6) is -2.14. The third kappa shape index (κ3) is 2.13. The minimum Gasteiger partial charge on any atom is -0.481 e. The molecule has 18 heavy (non-hydrogen) atoms.